The molecular weight excluding hydrogens is 586 g/mol. The average Bonchev–Trinajstić information content (AvgIpc) is 3.61. The number of hydrogen-bond acceptors (Lipinski definition) is 12. The van der Waals surface area contributed by atoms with E-state index in [0.717, 1.165) is 0 Å². The number of benzene rings is 1. The lowest BCUT2D eigenvalue weighted by atomic mass is 9.87. The van der Waals surface area contributed by atoms with E-state index >= 15 is 0 Å². The van der Waals surface area contributed by atoms with Crippen LogP contribution in [0.5, 0.6) is 5.75 Å². The number of non-ortho nitro benzene ring substituents is 1. The smallest absolute Gasteiger partial charge is 0.480 e. The van der Waals surface area contributed by atoms with Crippen molar-refractivity contribution in [2.24, 2.45) is 16.6 Å². The second kappa shape index (κ2) is 17.3. The van der Waals surface area contributed by atoms with Crippen LogP contribution in [0.3, 0.4) is 0 Å². The number of ether oxygens (including phenoxy) is 5. The van der Waals surface area contributed by atoms with Crippen molar-refractivity contribution in [2.75, 3.05) is 26.4 Å². The first kappa shape index (κ1) is 38.0. The summed E-state index contributed by atoms with van der Waals surface area (Å²) in [4.78, 5) is 54.0. The van der Waals surface area contributed by atoms with Crippen LogP contribution in [0.25, 0.3) is 0 Å². The Morgan fingerprint density at radius 2 is 1.41 bits per heavy atom. The summed E-state index contributed by atoms with van der Waals surface area (Å²) in [6, 6.07) is 3.44. The number of carboxylic acid groups (broad SMARTS) is 2. The van der Waals surface area contributed by atoms with Crippen molar-refractivity contribution in [3.05, 3.63) is 34.4 Å². The molecule has 2 saturated heterocycles. The Morgan fingerprint density at radius 3 is 1.75 bits per heavy atom. The van der Waals surface area contributed by atoms with Gasteiger partial charge in [0.2, 0.25) is 0 Å². The molecule has 16 nitrogen and oxygen atoms in total. The van der Waals surface area contributed by atoms with E-state index in [1.807, 2.05) is 0 Å². The summed E-state index contributed by atoms with van der Waals surface area (Å²) >= 11 is 0. The van der Waals surface area contributed by atoms with E-state index < -0.39 is 46.6 Å². The first-order valence-corrected chi connectivity index (χ1v) is 13.8. The van der Waals surface area contributed by atoms with Crippen LogP contribution < -0.4 is 15.8 Å². The second-order valence-electron chi connectivity index (χ2n) is 12.1. The highest BCUT2D eigenvalue weighted by molar-refractivity contribution is 5.80. The normalized spacial score (nSPS) is 19.1. The Bertz CT molecular complexity index is 1100. The summed E-state index contributed by atoms with van der Waals surface area (Å²) < 4.78 is 25.0. The number of aliphatic carboxylic acids is 2. The first-order valence-electron chi connectivity index (χ1n) is 13.8. The van der Waals surface area contributed by atoms with Gasteiger partial charge in [0, 0.05) is 25.0 Å². The maximum atomic E-state index is 11.5. The van der Waals surface area contributed by atoms with Gasteiger partial charge >= 0.3 is 24.2 Å². The van der Waals surface area contributed by atoms with Crippen molar-refractivity contribution in [3.63, 3.8) is 0 Å². The molecule has 1 amide bonds. The zero-order chi connectivity index (χ0) is 33.7. The van der Waals surface area contributed by atoms with Crippen molar-refractivity contribution in [3.8, 4) is 5.75 Å². The van der Waals surface area contributed by atoms with Crippen molar-refractivity contribution in [2.45, 2.75) is 78.7 Å². The quantitative estimate of drug-likeness (QED) is 0.146. The van der Waals surface area contributed by atoms with Gasteiger partial charge in [-0.15, -0.1) is 0 Å². The SMILES string of the molecule is CC(C)(C)[C@H](N)C(=O)O.CC(C)(C)[C@H](NC(=O)OC1CCOC1)C(=O)O.O=C(Oc1ccc([N+](=O)[O-])cc1)O[C@H]1CCOC1. The maximum Gasteiger partial charge on any atom is 0.514 e. The molecule has 44 heavy (non-hydrogen) atoms. The number of carbonyl (C=O) groups excluding carboxylic acids is 2. The summed E-state index contributed by atoms with van der Waals surface area (Å²) in [5.74, 6) is -1.82. The van der Waals surface area contributed by atoms with Crippen LogP contribution in [0.1, 0.15) is 54.4 Å². The number of hydrogen-bond donors (Lipinski definition) is 4. The number of carbonyl (C=O) groups is 4. The zero-order valence-corrected chi connectivity index (χ0v) is 25.8. The lowest BCUT2D eigenvalue weighted by Gasteiger charge is -2.27. The third-order valence-corrected chi connectivity index (χ3v) is 6.14. The van der Waals surface area contributed by atoms with Gasteiger partial charge in [0.1, 0.15) is 30.0 Å². The van der Waals surface area contributed by atoms with E-state index in [1.54, 1.807) is 41.5 Å². The summed E-state index contributed by atoms with van der Waals surface area (Å²) in [5, 5.41) is 30.2. The topological polar surface area (TPSA) is 236 Å². The van der Waals surface area contributed by atoms with Gasteiger partial charge < -0.3 is 44.9 Å². The van der Waals surface area contributed by atoms with Crippen molar-refractivity contribution in [1.29, 1.82) is 0 Å². The van der Waals surface area contributed by atoms with E-state index in [0.29, 0.717) is 39.3 Å². The Kier molecular flexibility index (Phi) is 15.0. The average molecular weight is 630 g/mol. The second-order valence-corrected chi connectivity index (χ2v) is 12.1. The van der Waals surface area contributed by atoms with Gasteiger partial charge in [-0.3, -0.25) is 14.9 Å². The fourth-order valence-corrected chi connectivity index (χ4v) is 3.43. The minimum absolute atomic E-state index is 0.0695. The van der Waals surface area contributed by atoms with Crippen LogP contribution in [0.15, 0.2) is 24.3 Å². The molecule has 2 aliphatic rings. The first-order chi connectivity index (χ1) is 20.3. The Balaban J connectivity index is 0.000000350. The summed E-state index contributed by atoms with van der Waals surface area (Å²) in [7, 11) is 0. The molecule has 16 heteroatoms. The molecule has 4 atom stereocenters. The van der Waals surface area contributed by atoms with Crippen molar-refractivity contribution < 1.29 is 58.0 Å². The molecule has 5 N–H and O–H groups in total. The van der Waals surface area contributed by atoms with E-state index in [4.69, 9.17) is 39.6 Å². The van der Waals surface area contributed by atoms with Crippen molar-refractivity contribution in [1.82, 2.24) is 5.32 Å². The van der Waals surface area contributed by atoms with Gasteiger partial charge in [0.25, 0.3) is 5.69 Å². The van der Waals surface area contributed by atoms with Gasteiger partial charge in [-0.25, -0.2) is 14.4 Å². The molecule has 0 radical (unpaired) electrons. The maximum absolute atomic E-state index is 11.5. The summed E-state index contributed by atoms with van der Waals surface area (Å²) in [6.07, 6.45) is -0.794. The number of nitrogens with one attached hydrogen (secondary N) is 1. The van der Waals surface area contributed by atoms with Crippen LogP contribution in [-0.4, -0.2) is 90.0 Å². The molecule has 3 rings (SSSR count). The predicted octanol–water partition coefficient (Wildman–Crippen LogP) is 3.34. The van der Waals surface area contributed by atoms with Crippen LogP contribution >= 0.6 is 0 Å². The molecule has 0 aromatic heterocycles. The van der Waals surface area contributed by atoms with Crippen molar-refractivity contribution >= 4 is 29.9 Å². The zero-order valence-electron chi connectivity index (χ0n) is 25.8. The van der Waals surface area contributed by atoms with Gasteiger partial charge in [-0.1, -0.05) is 41.5 Å². The van der Waals surface area contributed by atoms with E-state index in [9.17, 15) is 29.3 Å². The molecule has 1 unspecified atom stereocenters. The van der Waals surface area contributed by atoms with Gasteiger partial charge in [0.15, 0.2) is 0 Å². The number of nitro benzene ring substituents is 1. The van der Waals surface area contributed by atoms with Gasteiger partial charge in [-0.05, 0) is 23.0 Å². The number of carboxylic acids is 2. The molecule has 0 saturated carbocycles. The molecule has 2 aliphatic heterocycles. The predicted molar refractivity (Wildman–Crippen MR) is 154 cm³/mol. The third-order valence-electron chi connectivity index (χ3n) is 6.14. The summed E-state index contributed by atoms with van der Waals surface area (Å²) in [5.41, 5.74) is 4.31. The number of rotatable bonds is 7. The van der Waals surface area contributed by atoms with Crippen LogP contribution in [0, 0.1) is 20.9 Å². The largest absolute Gasteiger partial charge is 0.514 e. The lowest BCUT2D eigenvalue weighted by molar-refractivity contribution is -0.384. The highest BCUT2D eigenvalue weighted by atomic mass is 16.7. The molecule has 2 heterocycles. The molecule has 0 aliphatic carbocycles. The molecule has 2 fully saturated rings. The fraction of sp³-hybridized carbons (Fsp3) is 0.643. The van der Waals surface area contributed by atoms with Crippen LogP contribution in [0.2, 0.25) is 0 Å². The minimum Gasteiger partial charge on any atom is -0.480 e. The van der Waals surface area contributed by atoms with E-state index in [2.05, 4.69) is 5.32 Å². The lowest BCUT2D eigenvalue weighted by Crippen LogP contribution is -2.49. The number of amides is 1. The fourth-order valence-electron chi connectivity index (χ4n) is 3.43. The van der Waals surface area contributed by atoms with Crippen LogP contribution in [0.4, 0.5) is 15.3 Å². The Morgan fingerprint density at radius 1 is 0.909 bits per heavy atom. The van der Waals surface area contributed by atoms with Crippen LogP contribution in [-0.2, 0) is 28.5 Å². The van der Waals surface area contributed by atoms with Gasteiger partial charge in [0.05, 0.1) is 31.4 Å². The number of nitrogens with zero attached hydrogens (tertiary/aromatic N) is 1. The minimum atomic E-state index is -1.07. The Labute approximate surface area is 255 Å². The molecule has 1 aromatic rings. The molecule has 1 aromatic carbocycles. The Hall–Kier alpha value is -4.02. The number of alkyl carbamates (subject to hydrolysis) is 1. The molecule has 248 valence electrons. The number of nitro groups is 1. The standard InChI is InChI=1S/C11H11NO6.C11H19NO5.C6H13NO2/c13-11(18-10-5-6-16-7-10)17-9-3-1-8(2-4-9)12(14)15;1-11(2,3)8(9(13)14)12-10(15)17-7-4-5-16-6-7;1-6(2,3)4(7)5(8)9/h1-4,10H,5-7H2;7-8H,4-6H2,1-3H3,(H,12,15)(H,13,14);4H,7H2,1-3H3,(H,8,9)/t10-;7?,8-;4-/m011/s1. The number of nitrogens with two attached hydrogens (primary N) is 1. The third kappa shape index (κ3) is 14.4. The van der Waals surface area contributed by atoms with Gasteiger partial charge in [-0.2, -0.15) is 0 Å². The van der Waals surface area contributed by atoms with E-state index in [-0.39, 0.29) is 29.1 Å². The van der Waals surface area contributed by atoms with E-state index in [1.165, 1.54) is 24.3 Å². The highest BCUT2D eigenvalue weighted by Crippen LogP contribution is 2.21. The monoisotopic (exact) mass is 629 g/mol. The summed E-state index contributed by atoms with van der Waals surface area (Å²) in [6.45, 7) is 12.5. The molecule has 0 spiro atoms. The molecular formula is C28H43N3O13. The highest BCUT2D eigenvalue weighted by Gasteiger charge is 2.34. The molecule has 0 bridgehead atoms.